The van der Waals surface area contributed by atoms with Gasteiger partial charge in [-0.05, 0) is 36.4 Å². The number of β-amino-alcohol motifs (C(OH)–C–C–N with tert-alkyl or cyclic N) is 1. The van der Waals surface area contributed by atoms with Crippen molar-refractivity contribution < 1.29 is 23.5 Å². The summed E-state index contributed by atoms with van der Waals surface area (Å²) in [5.74, 6) is -1.29. The smallest absolute Gasteiger partial charge is 0.255 e. The van der Waals surface area contributed by atoms with Gasteiger partial charge in [-0.1, -0.05) is 11.3 Å². The number of piperazine rings is 1. The summed E-state index contributed by atoms with van der Waals surface area (Å²) in [5, 5.41) is 23.0. The third-order valence-electron chi connectivity index (χ3n) is 8.49. The van der Waals surface area contributed by atoms with Crippen LogP contribution in [0, 0.1) is 23.0 Å². The largest absolute Gasteiger partial charge is 0.389 e. The normalized spacial score (nSPS) is 16.8. The first-order valence-corrected chi connectivity index (χ1v) is 15.3. The van der Waals surface area contributed by atoms with Gasteiger partial charge in [0.15, 0.2) is 10.9 Å². The second-order valence-electron chi connectivity index (χ2n) is 11.4. The van der Waals surface area contributed by atoms with Crippen molar-refractivity contribution in [3.63, 3.8) is 0 Å². The number of nitrogens with zero attached hydrogens (tertiary/aromatic N) is 7. The standard InChI is InChI=1S/C31H28F2N8O3S/c1-38(31-37-27(24(12-34)45-31)17-2-4-18(32)5-3-17)29-21-10-19(11-22(33)28(21)36-23-13-35-30(44)26(23)29)40-8-6-39(7-9-40)16-25(43)41-14-20(42)15-41/h2-5,10-11,20,42H,6-9,13-16H2,1H3,(H,35,44). The average molecular weight is 631 g/mol. The summed E-state index contributed by atoms with van der Waals surface area (Å²) in [6.45, 7) is 3.48. The Hall–Kier alpha value is -4.71. The second-order valence-corrected chi connectivity index (χ2v) is 12.3. The van der Waals surface area contributed by atoms with E-state index in [9.17, 15) is 24.3 Å². The molecule has 0 aliphatic carbocycles. The zero-order chi connectivity index (χ0) is 31.4. The van der Waals surface area contributed by atoms with Gasteiger partial charge in [-0.25, -0.2) is 18.7 Å². The van der Waals surface area contributed by atoms with Crippen molar-refractivity contribution >= 4 is 50.6 Å². The molecule has 0 unspecified atom stereocenters. The van der Waals surface area contributed by atoms with Gasteiger partial charge in [0.05, 0.1) is 36.1 Å². The van der Waals surface area contributed by atoms with Gasteiger partial charge in [-0.3, -0.25) is 14.5 Å². The second kappa shape index (κ2) is 11.3. The maximum atomic E-state index is 15.8. The predicted molar refractivity (Wildman–Crippen MR) is 164 cm³/mol. The predicted octanol–water partition coefficient (Wildman–Crippen LogP) is 2.84. The molecule has 2 N–H and O–H groups in total. The molecule has 0 atom stereocenters. The molecule has 2 saturated heterocycles. The minimum atomic E-state index is -0.530. The molecule has 4 aromatic rings. The number of amides is 2. The van der Waals surface area contributed by atoms with E-state index in [0.717, 1.165) is 11.3 Å². The molecule has 14 heteroatoms. The van der Waals surface area contributed by atoms with Crippen LogP contribution in [0.25, 0.3) is 22.2 Å². The van der Waals surface area contributed by atoms with Crippen molar-refractivity contribution in [2.75, 3.05) is 62.7 Å². The van der Waals surface area contributed by atoms with Crippen LogP contribution in [-0.4, -0.2) is 95.7 Å². The number of anilines is 3. The SMILES string of the molecule is CN(c1nc(-c2ccc(F)cc2)c(C#N)s1)c1c2c(nc3c(F)cc(N4CCN(CC(=O)N5CC(O)C5)CC4)cc13)CNC2=O. The van der Waals surface area contributed by atoms with Crippen molar-refractivity contribution in [3.8, 4) is 17.3 Å². The number of rotatable bonds is 6. The summed E-state index contributed by atoms with van der Waals surface area (Å²) in [7, 11) is 1.71. The van der Waals surface area contributed by atoms with Gasteiger partial charge < -0.3 is 25.1 Å². The van der Waals surface area contributed by atoms with Crippen LogP contribution in [0.2, 0.25) is 0 Å². The van der Waals surface area contributed by atoms with Crippen LogP contribution >= 0.6 is 11.3 Å². The molecule has 0 saturated carbocycles. The Labute approximate surface area is 260 Å². The maximum Gasteiger partial charge on any atom is 0.255 e. The van der Waals surface area contributed by atoms with Crippen LogP contribution in [0.3, 0.4) is 0 Å². The summed E-state index contributed by atoms with van der Waals surface area (Å²) in [6, 6.07) is 11.1. The Morgan fingerprint density at radius 2 is 1.89 bits per heavy atom. The molecule has 2 fully saturated rings. The number of hydrogen-bond acceptors (Lipinski definition) is 10. The van der Waals surface area contributed by atoms with E-state index in [4.69, 9.17) is 4.98 Å². The Kier molecular flexibility index (Phi) is 7.31. The van der Waals surface area contributed by atoms with Crippen LogP contribution in [0.15, 0.2) is 36.4 Å². The molecule has 230 valence electrons. The average Bonchev–Trinajstić information content (AvgIpc) is 3.62. The lowest BCUT2D eigenvalue weighted by Crippen LogP contribution is -2.57. The first-order valence-electron chi connectivity index (χ1n) is 14.5. The number of hydrogen-bond donors (Lipinski definition) is 2. The van der Waals surface area contributed by atoms with E-state index in [1.165, 1.54) is 18.2 Å². The molecule has 0 bridgehead atoms. The minimum absolute atomic E-state index is 0.0132. The highest BCUT2D eigenvalue weighted by atomic mass is 32.1. The molecule has 11 nitrogen and oxygen atoms in total. The number of likely N-dealkylation sites (tertiary alicyclic amines) is 1. The van der Waals surface area contributed by atoms with Crippen molar-refractivity contribution in [1.82, 2.24) is 25.1 Å². The zero-order valence-electron chi connectivity index (χ0n) is 24.3. The quantitative estimate of drug-likeness (QED) is 0.331. The summed E-state index contributed by atoms with van der Waals surface area (Å²) >= 11 is 1.12. The fourth-order valence-corrected chi connectivity index (χ4v) is 6.89. The Balaban J connectivity index is 1.23. The van der Waals surface area contributed by atoms with E-state index in [1.54, 1.807) is 29.0 Å². The molecule has 2 amide bonds. The number of fused-ring (bicyclic) bond motifs is 2. The van der Waals surface area contributed by atoms with Gasteiger partial charge in [-0.2, -0.15) is 5.26 Å². The summed E-state index contributed by atoms with van der Waals surface area (Å²) in [5.41, 5.74) is 2.86. The molecule has 3 aliphatic heterocycles. The summed E-state index contributed by atoms with van der Waals surface area (Å²) in [4.78, 5) is 42.5. The number of nitriles is 1. The minimum Gasteiger partial charge on any atom is -0.389 e. The number of halogens is 2. The number of thiazole rings is 1. The van der Waals surface area contributed by atoms with Crippen molar-refractivity contribution in [2.24, 2.45) is 0 Å². The molecule has 5 heterocycles. The van der Waals surface area contributed by atoms with Gasteiger partial charge in [-0.15, -0.1) is 0 Å². The molecule has 3 aliphatic rings. The maximum absolute atomic E-state index is 15.8. The number of benzene rings is 2. The molecule has 7 rings (SSSR count). The number of aromatic nitrogens is 2. The van der Waals surface area contributed by atoms with E-state index < -0.39 is 17.7 Å². The molecule has 0 radical (unpaired) electrons. The lowest BCUT2D eigenvalue weighted by atomic mass is 10.0. The van der Waals surface area contributed by atoms with Gasteiger partial charge in [0, 0.05) is 63.0 Å². The highest BCUT2D eigenvalue weighted by Crippen LogP contribution is 2.42. The van der Waals surface area contributed by atoms with Crippen LogP contribution < -0.4 is 15.1 Å². The number of aliphatic hydroxyl groups is 1. The molecule has 2 aromatic carbocycles. The number of nitrogens with one attached hydrogen (secondary N) is 1. The van der Waals surface area contributed by atoms with Crippen molar-refractivity contribution in [2.45, 2.75) is 12.6 Å². The molecule has 0 spiro atoms. The van der Waals surface area contributed by atoms with E-state index >= 15 is 4.39 Å². The highest BCUT2D eigenvalue weighted by Gasteiger charge is 2.33. The summed E-state index contributed by atoms with van der Waals surface area (Å²) < 4.78 is 29.4. The van der Waals surface area contributed by atoms with Crippen LogP contribution in [-0.2, 0) is 11.3 Å². The van der Waals surface area contributed by atoms with Crippen molar-refractivity contribution in [3.05, 3.63) is 64.2 Å². The molecule has 45 heavy (non-hydrogen) atoms. The monoisotopic (exact) mass is 630 g/mol. The van der Waals surface area contributed by atoms with E-state index in [2.05, 4.69) is 16.4 Å². The molecule has 2 aromatic heterocycles. The Bertz CT molecular complexity index is 1880. The first kappa shape index (κ1) is 29.0. The number of carbonyl (C=O) groups excluding carboxylic acids is 2. The van der Waals surface area contributed by atoms with E-state index in [1.807, 2.05) is 15.9 Å². The Morgan fingerprint density at radius 1 is 1.16 bits per heavy atom. The molecular formula is C31H28F2N8O3S. The van der Waals surface area contributed by atoms with E-state index in [-0.39, 0.29) is 30.4 Å². The Morgan fingerprint density at radius 3 is 2.58 bits per heavy atom. The lowest BCUT2D eigenvalue weighted by Gasteiger charge is -2.39. The summed E-state index contributed by atoms with van der Waals surface area (Å²) in [6.07, 6.45) is -0.444. The fraction of sp³-hybridized carbons (Fsp3) is 0.323. The van der Waals surface area contributed by atoms with Gasteiger partial charge in [0.1, 0.15) is 28.0 Å². The highest BCUT2D eigenvalue weighted by molar-refractivity contribution is 7.16. The molecular weight excluding hydrogens is 602 g/mol. The number of pyridine rings is 1. The van der Waals surface area contributed by atoms with Gasteiger partial charge in [0.25, 0.3) is 5.91 Å². The van der Waals surface area contributed by atoms with Crippen LogP contribution in [0.5, 0.6) is 0 Å². The number of aliphatic hydroxyl groups excluding tert-OH is 1. The third-order valence-corrected chi connectivity index (χ3v) is 9.52. The van der Waals surface area contributed by atoms with Crippen molar-refractivity contribution in [1.29, 1.82) is 5.26 Å². The van der Waals surface area contributed by atoms with Gasteiger partial charge in [0.2, 0.25) is 5.91 Å². The topological polar surface area (TPSA) is 129 Å². The first-order chi connectivity index (χ1) is 21.7. The van der Waals surface area contributed by atoms with Crippen LogP contribution in [0.4, 0.5) is 25.3 Å². The van der Waals surface area contributed by atoms with Gasteiger partial charge >= 0.3 is 0 Å². The number of carbonyl (C=O) groups is 2. The van der Waals surface area contributed by atoms with Crippen LogP contribution in [0.1, 0.15) is 20.9 Å². The lowest BCUT2D eigenvalue weighted by molar-refractivity contribution is -0.142. The fourth-order valence-electron chi connectivity index (χ4n) is 6.03. The zero-order valence-corrected chi connectivity index (χ0v) is 25.1. The third kappa shape index (κ3) is 5.22. The van der Waals surface area contributed by atoms with E-state index in [0.29, 0.717) is 88.6 Å².